The van der Waals surface area contributed by atoms with Gasteiger partial charge in [0, 0.05) is 10.3 Å². The fourth-order valence-corrected chi connectivity index (χ4v) is 1.83. The molecule has 82 valence electrons. The number of thiophene rings is 1. The van der Waals surface area contributed by atoms with E-state index in [1.165, 1.54) is 17.6 Å². The topological polar surface area (TPSA) is 54.6 Å². The molecule has 5 heteroatoms. The predicted molar refractivity (Wildman–Crippen MR) is 62.8 cm³/mol. The van der Waals surface area contributed by atoms with Gasteiger partial charge >= 0.3 is 0 Å². The number of hydrazone groups is 1. The van der Waals surface area contributed by atoms with Crippen molar-refractivity contribution in [1.82, 2.24) is 5.43 Å². The van der Waals surface area contributed by atoms with E-state index >= 15 is 0 Å². The molecule has 0 unspecified atom stereocenters. The molecule has 2 heterocycles. The second-order valence-electron chi connectivity index (χ2n) is 3.16. The summed E-state index contributed by atoms with van der Waals surface area (Å²) in [5.74, 6) is 0.383. The van der Waals surface area contributed by atoms with Crippen LogP contribution in [0.15, 0.2) is 39.4 Å². The third-order valence-electron chi connectivity index (χ3n) is 1.89. The maximum atomic E-state index is 11.5. The van der Waals surface area contributed by atoms with Crippen LogP contribution in [0.4, 0.5) is 0 Å². The molecule has 0 fully saturated rings. The van der Waals surface area contributed by atoms with Crippen LogP contribution in [0.25, 0.3) is 0 Å². The highest BCUT2D eigenvalue weighted by atomic mass is 32.1. The Bertz CT molecular complexity index is 500. The van der Waals surface area contributed by atoms with Crippen molar-refractivity contribution in [3.63, 3.8) is 0 Å². The molecule has 16 heavy (non-hydrogen) atoms. The fraction of sp³-hybridized carbons (Fsp3) is 0.0909. The van der Waals surface area contributed by atoms with Crippen LogP contribution in [0.3, 0.4) is 0 Å². The normalized spacial score (nSPS) is 10.8. The molecule has 2 rings (SSSR count). The number of hydrogen-bond donors (Lipinski definition) is 1. The van der Waals surface area contributed by atoms with E-state index in [9.17, 15) is 4.79 Å². The number of hydrogen-bond acceptors (Lipinski definition) is 4. The number of carbonyl (C=O) groups excluding carboxylic acids is 1. The quantitative estimate of drug-likeness (QED) is 0.655. The van der Waals surface area contributed by atoms with Crippen LogP contribution < -0.4 is 5.43 Å². The van der Waals surface area contributed by atoms with Gasteiger partial charge in [0.2, 0.25) is 0 Å². The lowest BCUT2D eigenvalue weighted by Crippen LogP contribution is -2.16. The summed E-state index contributed by atoms with van der Waals surface area (Å²) in [5.41, 5.74) is 3.05. The Kier molecular flexibility index (Phi) is 3.16. The molecule has 0 radical (unpaired) electrons. The van der Waals surface area contributed by atoms with Crippen LogP contribution in [0.2, 0.25) is 0 Å². The zero-order valence-electron chi connectivity index (χ0n) is 8.64. The highest BCUT2D eigenvalue weighted by Gasteiger charge is 2.05. The Morgan fingerprint density at radius 1 is 1.62 bits per heavy atom. The second-order valence-corrected chi connectivity index (χ2v) is 4.28. The van der Waals surface area contributed by atoms with Gasteiger partial charge in [-0.25, -0.2) is 5.43 Å². The van der Waals surface area contributed by atoms with Crippen molar-refractivity contribution >= 4 is 23.5 Å². The predicted octanol–water partition coefficient (Wildman–Crippen LogP) is 2.41. The van der Waals surface area contributed by atoms with Gasteiger partial charge < -0.3 is 4.42 Å². The molecule has 4 nitrogen and oxygen atoms in total. The van der Waals surface area contributed by atoms with E-state index in [1.807, 2.05) is 13.0 Å². The number of nitrogens with one attached hydrogen (secondary N) is 1. The number of furan rings is 1. The molecule has 0 bridgehead atoms. The largest absolute Gasteiger partial charge is 0.463 e. The van der Waals surface area contributed by atoms with Gasteiger partial charge in [-0.15, -0.1) is 11.3 Å². The first-order valence-electron chi connectivity index (χ1n) is 4.68. The van der Waals surface area contributed by atoms with Crippen molar-refractivity contribution in [3.05, 3.63) is 46.0 Å². The summed E-state index contributed by atoms with van der Waals surface area (Å²) in [6.45, 7) is 1.95. The maximum absolute atomic E-state index is 11.5. The Morgan fingerprint density at radius 3 is 3.12 bits per heavy atom. The number of carbonyl (C=O) groups is 1. The van der Waals surface area contributed by atoms with Gasteiger partial charge in [0.25, 0.3) is 5.91 Å². The minimum Gasteiger partial charge on any atom is -0.463 e. The van der Waals surface area contributed by atoms with E-state index in [1.54, 1.807) is 23.8 Å². The summed E-state index contributed by atoms with van der Waals surface area (Å²) in [6.07, 6.45) is 3.00. The number of rotatable bonds is 3. The summed E-state index contributed by atoms with van der Waals surface area (Å²) in [4.78, 5) is 12.6. The first-order valence-corrected chi connectivity index (χ1v) is 5.56. The third-order valence-corrected chi connectivity index (χ3v) is 2.76. The average Bonchev–Trinajstić information content (AvgIpc) is 2.89. The van der Waals surface area contributed by atoms with Gasteiger partial charge in [-0.05, 0) is 25.1 Å². The van der Waals surface area contributed by atoms with Crippen LogP contribution in [-0.4, -0.2) is 12.1 Å². The first kappa shape index (κ1) is 10.6. The van der Waals surface area contributed by atoms with Crippen LogP contribution in [0.1, 0.15) is 21.0 Å². The standard InChI is InChI=1S/C11H10N2O2S/c1-8-5-9(7-16-8)11(14)13-12-6-10-3-2-4-15-10/h2-7H,1H3,(H,13,14). The van der Waals surface area contributed by atoms with Crippen molar-refractivity contribution in [3.8, 4) is 0 Å². The summed E-state index contributed by atoms with van der Waals surface area (Å²) in [6, 6.07) is 5.33. The van der Waals surface area contributed by atoms with E-state index in [-0.39, 0.29) is 5.91 Å². The molecular weight excluding hydrogens is 224 g/mol. The van der Waals surface area contributed by atoms with Crippen LogP contribution in [0.5, 0.6) is 0 Å². The molecule has 2 aromatic rings. The minimum atomic E-state index is -0.216. The molecule has 0 aliphatic heterocycles. The number of nitrogens with zero attached hydrogens (tertiary/aromatic N) is 1. The molecule has 0 atom stereocenters. The van der Waals surface area contributed by atoms with Crippen LogP contribution in [0, 0.1) is 6.92 Å². The summed E-state index contributed by atoms with van der Waals surface area (Å²) in [5, 5.41) is 5.58. The van der Waals surface area contributed by atoms with E-state index in [2.05, 4.69) is 10.5 Å². The summed E-state index contributed by atoms with van der Waals surface area (Å²) >= 11 is 1.53. The third kappa shape index (κ3) is 2.58. The number of aryl methyl sites for hydroxylation is 1. The smallest absolute Gasteiger partial charge is 0.272 e. The molecule has 0 spiro atoms. The van der Waals surface area contributed by atoms with Crippen molar-refractivity contribution in [2.45, 2.75) is 6.92 Å². The van der Waals surface area contributed by atoms with Crippen LogP contribution in [-0.2, 0) is 0 Å². The highest BCUT2D eigenvalue weighted by molar-refractivity contribution is 7.10. The maximum Gasteiger partial charge on any atom is 0.272 e. The fourth-order valence-electron chi connectivity index (χ4n) is 1.15. The number of amides is 1. The van der Waals surface area contributed by atoms with Crippen molar-refractivity contribution in [2.24, 2.45) is 5.10 Å². The second kappa shape index (κ2) is 4.76. The molecule has 0 aromatic carbocycles. The Labute approximate surface area is 96.6 Å². The lowest BCUT2D eigenvalue weighted by Gasteiger charge is -1.94. The highest BCUT2D eigenvalue weighted by Crippen LogP contribution is 2.12. The molecule has 0 saturated heterocycles. The van der Waals surface area contributed by atoms with Gasteiger partial charge in [-0.3, -0.25) is 4.79 Å². The Balaban J connectivity index is 1.94. The molecule has 0 aliphatic carbocycles. The first-order chi connectivity index (χ1) is 7.75. The zero-order valence-corrected chi connectivity index (χ0v) is 9.45. The van der Waals surface area contributed by atoms with Crippen molar-refractivity contribution in [2.75, 3.05) is 0 Å². The van der Waals surface area contributed by atoms with E-state index in [0.717, 1.165) is 4.88 Å². The van der Waals surface area contributed by atoms with E-state index in [4.69, 9.17) is 4.42 Å². The lowest BCUT2D eigenvalue weighted by atomic mass is 10.3. The molecule has 0 aliphatic rings. The monoisotopic (exact) mass is 234 g/mol. The zero-order chi connectivity index (χ0) is 11.4. The molecular formula is C11H10N2O2S. The molecule has 2 aromatic heterocycles. The SMILES string of the molecule is Cc1cc(C(=O)NN=Cc2ccco2)cs1. The van der Waals surface area contributed by atoms with Gasteiger partial charge in [0.05, 0.1) is 18.0 Å². The summed E-state index contributed by atoms with van der Waals surface area (Å²) in [7, 11) is 0. The van der Waals surface area contributed by atoms with E-state index < -0.39 is 0 Å². The summed E-state index contributed by atoms with van der Waals surface area (Å²) < 4.78 is 5.03. The Morgan fingerprint density at radius 2 is 2.50 bits per heavy atom. The molecule has 1 N–H and O–H groups in total. The van der Waals surface area contributed by atoms with Gasteiger partial charge in [-0.1, -0.05) is 0 Å². The van der Waals surface area contributed by atoms with E-state index in [0.29, 0.717) is 11.3 Å². The minimum absolute atomic E-state index is 0.216. The van der Waals surface area contributed by atoms with Gasteiger partial charge in [0.1, 0.15) is 5.76 Å². The molecule has 1 amide bonds. The van der Waals surface area contributed by atoms with Crippen molar-refractivity contribution in [1.29, 1.82) is 0 Å². The van der Waals surface area contributed by atoms with Crippen molar-refractivity contribution < 1.29 is 9.21 Å². The van der Waals surface area contributed by atoms with Crippen LogP contribution >= 0.6 is 11.3 Å². The van der Waals surface area contributed by atoms with Gasteiger partial charge in [0.15, 0.2) is 0 Å². The Hall–Kier alpha value is -1.88. The lowest BCUT2D eigenvalue weighted by molar-refractivity contribution is 0.0955. The average molecular weight is 234 g/mol. The molecule has 0 saturated carbocycles. The van der Waals surface area contributed by atoms with Gasteiger partial charge in [-0.2, -0.15) is 5.10 Å².